The minimum absolute atomic E-state index is 0.468. The van der Waals surface area contributed by atoms with E-state index >= 15 is 0 Å². The van der Waals surface area contributed by atoms with Crippen LogP contribution in [0.25, 0.3) is 10.8 Å². The van der Waals surface area contributed by atoms with E-state index in [9.17, 15) is 5.11 Å². The highest BCUT2D eigenvalue weighted by Gasteiger charge is 2.08. The molecule has 0 atom stereocenters. The molecule has 0 saturated heterocycles. The molecule has 78 valence electrons. The maximum atomic E-state index is 10.0. The summed E-state index contributed by atoms with van der Waals surface area (Å²) < 4.78 is 0. The Balaban J connectivity index is 2.77. The number of phenolic OH excluding ortho intramolecular Hbond substituents is 1. The zero-order valence-corrected chi connectivity index (χ0v) is 9.25. The molecule has 0 amide bonds. The molecule has 2 rings (SSSR count). The van der Waals surface area contributed by atoms with Crippen LogP contribution in [0.15, 0.2) is 30.3 Å². The van der Waals surface area contributed by atoms with Crippen molar-refractivity contribution in [3.05, 3.63) is 41.5 Å². The summed E-state index contributed by atoms with van der Waals surface area (Å²) in [4.78, 5) is 0. The second-order valence-corrected chi connectivity index (χ2v) is 3.99. The van der Waals surface area contributed by atoms with Gasteiger partial charge in [-0.15, -0.1) is 0 Å². The normalized spacial score (nSPS) is 10.8. The summed E-state index contributed by atoms with van der Waals surface area (Å²) in [7, 11) is 0. The fraction of sp³-hybridized carbons (Fsp3) is 0.286. The van der Waals surface area contributed by atoms with Crippen molar-refractivity contribution in [1.29, 1.82) is 0 Å². The molecule has 0 radical (unpaired) electrons. The first-order chi connectivity index (χ1) is 7.24. The van der Waals surface area contributed by atoms with Crippen LogP contribution in [0.4, 0.5) is 0 Å². The molecule has 1 heteroatoms. The fourth-order valence-corrected chi connectivity index (χ4v) is 2.07. The van der Waals surface area contributed by atoms with Crippen LogP contribution in [-0.4, -0.2) is 5.11 Å². The van der Waals surface area contributed by atoms with Crippen LogP contribution >= 0.6 is 0 Å². The third-order valence-corrected chi connectivity index (χ3v) is 2.82. The Morgan fingerprint density at radius 3 is 2.67 bits per heavy atom. The monoisotopic (exact) mass is 200 g/mol. The van der Waals surface area contributed by atoms with Crippen molar-refractivity contribution in [2.45, 2.75) is 26.7 Å². The van der Waals surface area contributed by atoms with Gasteiger partial charge in [0, 0.05) is 5.56 Å². The number of hydrogen-bond donors (Lipinski definition) is 1. The van der Waals surface area contributed by atoms with Gasteiger partial charge in [0.25, 0.3) is 0 Å². The summed E-state index contributed by atoms with van der Waals surface area (Å²) in [5, 5.41) is 12.4. The van der Waals surface area contributed by atoms with E-state index in [4.69, 9.17) is 0 Å². The predicted molar refractivity (Wildman–Crippen MR) is 64.3 cm³/mol. The average molecular weight is 200 g/mol. The Morgan fingerprint density at radius 2 is 1.93 bits per heavy atom. The zero-order valence-electron chi connectivity index (χ0n) is 9.25. The van der Waals surface area contributed by atoms with Crippen molar-refractivity contribution in [3.8, 4) is 5.75 Å². The van der Waals surface area contributed by atoms with Gasteiger partial charge in [0.1, 0.15) is 5.75 Å². The van der Waals surface area contributed by atoms with Gasteiger partial charge in [-0.3, -0.25) is 0 Å². The molecule has 0 aromatic heterocycles. The molecular formula is C14H16O. The molecule has 0 saturated carbocycles. The molecule has 0 aliphatic heterocycles. The topological polar surface area (TPSA) is 20.2 Å². The lowest BCUT2D eigenvalue weighted by Crippen LogP contribution is -1.90. The molecule has 1 N–H and O–H groups in total. The van der Waals surface area contributed by atoms with E-state index in [2.05, 4.69) is 19.1 Å². The van der Waals surface area contributed by atoms with Crippen LogP contribution in [0.1, 0.15) is 24.5 Å². The summed E-state index contributed by atoms with van der Waals surface area (Å²) in [6.07, 6.45) is 2.00. The van der Waals surface area contributed by atoms with Gasteiger partial charge < -0.3 is 5.11 Å². The highest BCUT2D eigenvalue weighted by molar-refractivity contribution is 5.88. The van der Waals surface area contributed by atoms with Gasteiger partial charge in [-0.2, -0.15) is 0 Å². The lowest BCUT2D eigenvalue weighted by Gasteiger charge is -2.10. The van der Waals surface area contributed by atoms with Crippen molar-refractivity contribution >= 4 is 10.8 Å². The van der Waals surface area contributed by atoms with Gasteiger partial charge in [0.05, 0.1) is 0 Å². The van der Waals surface area contributed by atoms with Gasteiger partial charge in [-0.25, -0.2) is 0 Å². The van der Waals surface area contributed by atoms with E-state index in [0.717, 1.165) is 24.0 Å². The highest BCUT2D eigenvalue weighted by atomic mass is 16.3. The fourth-order valence-electron chi connectivity index (χ4n) is 2.07. The number of hydrogen-bond acceptors (Lipinski definition) is 1. The molecule has 0 aliphatic carbocycles. The molecule has 2 aromatic carbocycles. The molecule has 15 heavy (non-hydrogen) atoms. The zero-order chi connectivity index (χ0) is 10.8. The Morgan fingerprint density at radius 1 is 1.20 bits per heavy atom. The molecule has 0 fully saturated rings. The van der Waals surface area contributed by atoms with Crippen LogP contribution in [0.5, 0.6) is 5.75 Å². The van der Waals surface area contributed by atoms with Crippen LogP contribution < -0.4 is 0 Å². The summed E-state index contributed by atoms with van der Waals surface area (Å²) >= 11 is 0. The first kappa shape index (κ1) is 10.0. The second kappa shape index (κ2) is 3.93. The molecule has 0 bridgehead atoms. The van der Waals surface area contributed by atoms with E-state index in [0.29, 0.717) is 5.75 Å². The lowest BCUT2D eigenvalue weighted by atomic mass is 9.97. The number of phenols is 1. The maximum Gasteiger partial charge on any atom is 0.122 e. The average Bonchev–Trinajstić information content (AvgIpc) is 2.25. The number of fused-ring (bicyclic) bond motifs is 1. The molecular weight excluding hydrogens is 184 g/mol. The third-order valence-electron chi connectivity index (χ3n) is 2.82. The SMILES string of the molecule is CCCc1c(O)c(C)cc2ccccc12. The van der Waals surface area contributed by atoms with Crippen molar-refractivity contribution < 1.29 is 5.11 Å². The maximum absolute atomic E-state index is 10.0. The number of rotatable bonds is 2. The summed E-state index contributed by atoms with van der Waals surface area (Å²) in [5.41, 5.74) is 2.06. The van der Waals surface area contributed by atoms with Crippen molar-refractivity contribution in [2.75, 3.05) is 0 Å². The standard InChI is InChI=1S/C14H16O/c1-3-6-13-12-8-5-4-7-11(12)9-10(2)14(13)15/h4-5,7-9,15H,3,6H2,1-2H3. The smallest absolute Gasteiger partial charge is 0.122 e. The first-order valence-corrected chi connectivity index (χ1v) is 5.44. The van der Waals surface area contributed by atoms with Crippen molar-refractivity contribution in [1.82, 2.24) is 0 Å². The quantitative estimate of drug-likeness (QED) is 0.781. The van der Waals surface area contributed by atoms with Crippen LogP contribution in [0.3, 0.4) is 0 Å². The molecule has 0 aliphatic rings. The van der Waals surface area contributed by atoms with Gasteiger partial charge in [0.2, 0.25) is 0 Å². The van der Waals surface area contributed by atoms with Crippen molar-refractivity contribution in [2.24, 2.45) is 0 Å². The summed E-state index contributed by atoms with van der Waals surface area (Å²) in [5.74, 6) is 0.468. The van der Waals surface area contributed by atoms with Gasteiger partial charge in [0.15, 0.2) is 0 Å². The van der Waals surface area contributed by atoms with E-state index in [1.54, 1.807) is 0 Å². The molecule has 2 aromatic rings. The van der Waals surface area contributed by atoms with Gasteiger partial charge >= 0.3 is 0 Å². The minimum Gasteiger partial charge on any atom is -0.507 e. The first-order valence-electron chi connectivity index (χ1n) is 5.44. The largest absolute Gasteiger partial charge is 0.507 e. The van der Waals surface area contributed by atoms with Gasteiger partial charge in [-0.1, -0.05) is 37.6 Å². The molecule has 0 spiro atoms. The van der Waals surface area contributed by atoms with Crippen LogP contribution in [-0.2, 0) is 6.42 Å². The van der Waals surface area contributed by atoms with E-state index in [-0.39, 0.29) is 0 Å². The van der Waals surface area contributed by atoms with Crippen LogP contribution in [0, 0.1) is 6.92 Å². The Kier molecular flexibility index (Phi) is 2.63. The molecule has 1 nitrogen and oxygen atoms in total. The number of aryl methyl sites for hydroxylation is 2. The van der Waals surface area contributed by atoms with Gasteiger partial charge in [-0.05, 0) is 35.7 Å². The highest BCUT2D eigenvalue weighted by Crippen LogP contribution is 2.31. The van der Waals surface area contributed by atoms with E-state index in [1.165, 1.54) is 10.8 Å². The number of benzene rings is 2. The second-order valence-electron chi connectivity index (χ2n) is 3.99. The van der Waals surface area contributed by atoms with Crippen molar-refractivity contribution in [3.63, 3.8) is 0 Å². The Labute approximate surface area is 90.4 Å². The third kappa shape index (κ3) is 1.70. The summed E-state index contributed by atoms with van der Waals surface area (Å²) in [6.45, 7) is 4.09. The molecule has 0 unspecified atom stereocenters. The number of aromatic hydroxyl groups is 1. The summed E-state index contributed by atoms with van der Waals surface area (Å²) in [6, 6.07) is 10.3. The minimum atomic E-state index is 0.468. The van der Waals surface area contributed by atoms with E-state index in [1.807, 2.05) is 25.1 Å². The lowest BCUT2D eigenvalue weighted by molar-refractivity contribution is 0.465. The molecule has 0 heterocycles. The van der Waals surface area contributed by atoms with Crippen LogP contribution in [0.2, 0.25) is 0 Å². The van der Waals surface area contributed by atoms with E-state index < -0.39 is 0 Å². The Hall–Kier alpha value is -1.50. The Bertz CT molecular complexity index is 486. The predicted octanol–water partition coefficient (Wildman–Crippen LogP) is 3.81.